The summed E-state index contributed by atoms with van der Waals surface area (Å²) >= 11 is 0. The topological polar surface area (TPSA) is 39.2 Å². The SMILES string of the molecule is Cc1ccc(C(N)Cc2ccoc2)c(F)c1. The van der Waals surface area contributed by atoms with Gasteiger partial charge in [-0.2, -0.15) is 0 Å². The predicted octanol–water partition coefficient (Wildman–Crippen LogP) is 2.97. The van der Waals surface area contributed by atoms with Crippen molar-refractivity contribution in [1.29, 1.82) is 0 Å². The van der Waals surface area contributed by atoms with Gasteiger partial charge in [0.15, 0.2) is 0 Å². The molecule has 2 rings (SSSR count). The lowest BCUT2D eigenvalue weighted by Crippen LogP contribution is -2.14. The molecule has 1 heterocycles. The Balaban J connectivity index is 2.17. The highest BCUT2D eigenvalue weighted by Crippen LogP contribution is 2.20. The Hall–Kier alpha value is -1.61. The molecule has 1 aromatic heterocycles. The van der Waals surface area contributed by atoms with Crippen molar-refractivity contribution in [3.8, 4) is 0 Å². The summed E-state index contributed by atoms with van der Waals surface area (Å²) in [4.78, 5) is 0. The summed E-state index contributed by atoms with van der Waals surface area (Å²) in [6, 6.07) is 6.62. The molecule has 1 aromatic carbocycles. The second kappa shape index (κ2) is 4.49. The molecule has 16 heavy (non-hydrogen) atoms. The van der Waals surface area contributed by atoms with Crippen LogP contribution in [0.1, 0.15) is 22.7 Å². The van der Waals surface area contributed by atoms with Crippen molar-refractivity contribution in [2.45, 2.75) is 19.4 Å². The van der Waals surface area contributed by atoms with Gasteiger partial charge in [-0.05, 0) is 36.6 Å². The maximum absolute atomic E-state index is 13.6. The molecule has 0 saturated carbocycles. The molecule has 0 spiro atoms. The molecule has 0 radical (unpaired) electrons. The number of hydrogen-bond donors (Lipinski definition) is 1. The van der Waals surface area contributed by atoms with E-state index in [1.807, 2.05) is 19.1 Å². The molecule has 0 aliphatic heterocycles. The average Bonchev–Trinajstić information content (AvgIpc) is 2.70. The zero-order chi connectivity index (χ0) is 11.5. The summed E-state index contributed by atoms with van der Waals surface area (Å²) in [6.07, 6.45) is 3.80. The smallest absolute Gasteiger partial charge is 0.128 e. The van der Waals surface area contributed by atoms with E-state index in [1.54, 1.807) is 18.6 Å². The molecule has 0 saturated heterocycles. The Kier molecular flexibility index (Phi) is 3.06. The van der Waals surface area contributed by atoms with Crippen LogP contribution in [0.15, 0.2) is 41.2 Å². The molecule has 3 heteroatoms. The molecule has 0 amide bonds. The molecule has 1 atom stereocenters. The van der Waals surface area contributed by atoms with Gasteiger partial charge in [0.25, 0.3) is 0 Å². The summed E-state index contributed by atoms with van der Waals surface area (Å²) in [5.41, 5.74) is 8.38. The zero-order valence-electron chi connectivity index (χ0n) is 9.11. The van der Waals surface area contributed by atoms with E-state index >= 15 is 0 Å². The van der Waals surface area contributed by atoms with Crippen LogP contribution in [0.4, 0.5) is 4.39 Å². The standard InChI is InChI=1S/C13H14FNO/c1-9-2-3-11(12(14)6-9)13(15)7-10-4-5-16-8-10/h2-6,8,13H,7,15H2,1H3. The van der Waals surface area contributed by atoms with Gasteiger partial charge in [-0.15, -0.1) is 0 Å². The number of rotatable bonds is 3. The quantitative estimate of drug-likeness (QED) is 0.861. The van der Waals surface area contributed by atoms with Gasteiger partial charge < -0.3 is 10.2 Å². The van der Waals surface area contributed by atoms with E-state index < -0.39 is 0 Å². The molecule has 0 aliphatic rings. The van der Waals surface area contributed by atoms with Crippen molar-refractivity contribution in [1.82, 2.24) is 0 Å². The maximum Gasteiger partial charge on any atom is 0.128 e. The van der Waals surface area contributed by atoms with E-state index in [2.05, 4.69) is 0 Å². The Bertz CT molecular complexity index is 465. The van der Waals surface area contributed by atoms with Crippen LogP contribution >= 0.6 is 0 Å². The monoisotopic (exact) mass is 219 g/mol. The zero-order valence-corrected chi connectivity index (χ0v) is 9.11. The molecule has 2 N–H and O–H groups in total. The van der Waals surface area contributed by atoms with Gasteiger partial charge in [0.1, 0.15) is 5.82 Å². The first kappa shape index (κ1) is 10.9. The largest absolute Gasteiger partial charge is 0.472 e. The van der Waals surface area contributed by atoms with Crippen molar-refractivity contribution >= 4 is 0 Å². The lowest BCUT2D eigenvalue weighted by Gasteiger charge is -2.12. The summed E-state index contributed by atoms with van der Waals surface area (Å²) in [5, 5.41) is 0. The van der Waals surface area contributed by atoms with Crippen LogP contribution in [-0.2, 0) is 6.42 Å². The minimum atomic E-state index is -0.335. The van der Waals surface area contributed by atoms with Gasteiger partial charge in [-0.25, -0.2) is 4.39 Å². The molecular formula is C13H14FNO. The molecular weight excluding hydrogens is 205 g/mol. The lowest BCUT2D eigenvalue weighted by atomic mass is 10.00. The van der Waals surface area contributed by atoms with Gasteiger partial charge in [0.2, 0.25) is 0 Å². The van der Waals surface area contributed by atoms with Crippen LogP contribution in [0.25, 0.3) is 0 Å². The molecule has 2 aromatic rings. The molecule has 2 nitrogen and oxygen atoms in total. The van der Waals surface area contributed by atoms with E-state index in [0.717, 1.165) is 11.1 Å². The van der Waals surface area contributed by atoms with Gasteiger partial charge in [0.05, 0.1) is 12.5 Å². The normalized spacial score (nSPS) is 12.7. The van der Waals surface area contributed by atoms with Gasteiger partial charge >= 0.3 is 0 Å². The third-order valence-corrected chi connectivity index (χ3v) is 2.59. The molecule has 84 valence electrons. The second-order valence-electron chi connectivity index (χ2n) is 3.97. The minimum Gasteiger partial charge on any atom is -0.472 e. The Morgan fingerprint density at radius 1 is 1.38 bits per heavy atom. The third kappa shape index (κ3) is 2.31. The fraction of sp³-hybridized carbons (Fsp3) is 0.231. The Morgan fingerprint density at radius 3 is 2.81 bits per heavy atom. The molecule has 0 bridgehead atoms. The highest BCUT2D eigenvalue weighted by Gasteiger charge is 2.12. The van der Waals surface area contributed by atoms with Crippen LogP contribution in [0.3, 0.4) is 0 Å². The van der Waals surface area contributed by atoms with E-state index in [0.29, 0.717) is 12.0 Å². The molecule has 0 fully saturated rings. The first-order valence-corrected chi connectivity index (χ1v) is 5.19. The summed E-state index contributed by atoms with van der Waals surface area (Å²) in [5.74, 6) is -0.240. The summed E-state index contributed by atoms with van der Waals surface area (Å²) in [6.45, 7) is 1.86. The van der Waals surface area contributed by atoms with Crippen LogP contribution < -0.4 is 5.73 Å². The number of furan rings is 1. The fourth-order valence-corrected chi connectivity index (χ4v) is 1.71. The third-order valence-electron chi connectivity index (χ3n) is 2.59. The van der Waals surface area contributed by atoms with E-state index in [1.165, 1.54) is 6.07 Å². The van der Waals surface area contributed by atoms with Crippen LogP contribution in [-0.4, -0.2) is 0 Å². The van der Waals surface area contributed by atoms with Crippen molar-refractivity contribution in [3.05, 3.63) is 59.3 Å². The van der Waals surface area contributed by atoms with Crippen molar-refractivity contribution in [3.63, 3.8) is 0 Å². The van der Waals surface area contributed by atoms with Gasteiger partial charge in [-0.1, -0.05) is 12.1 Å². The Labute approximate surface area is 93.9 Å². The van der Waals surface area contributed by atoms with Gasteiger partial charge in [0, 0.05) is 11.6 Å². The first-order chi connectivity index (χ1) is 7.66. The first-order valence-electron chi connectivity index (χ1n) is 5.19. The van der Waals surface area contributed by atoms with Gasteiger partial charge in [-0.3, -0.25) is 0 Å². The number of halogens is 1. The van der Waals surface area contributed by atoms with Crippen molar-refractivity contribution < 1.29 is 8.81 Å². The predicted molar refractivity (Wildman–Crippen MR) is 60.5 cm³/mol. The number of aryl methyl sites for hydroxylation is 1. The summed E-state index contributed by atoms with van der Waals surface area (Å²) < 4.78 is 18.6. The van der Waals surface area contributed by atoms with E-state index in [9.17, 15) is 4.39 Å². The summed E-state index contributed by atoms with van der Waals surface area (Å²) in [7, 11) is 0. The second-order valence-corrected chi connectivity index (χ2v) is 3.97. The highest BCUT2D eigenvalue weighted by atomic mass is 19.1. The highest BCUT2D eigenvalue weighted by molar-refractivity contribution is 5.27. The average molecular weight is 219 g/mol. The van der Waals surface area contributed by atoms with E-state index in [-0.39, 0.29) is 11.9 Å². The molecule has 1 unspecified atom stereocenters. The van der Waals surface area contributed by atoms with Crippen molar-refractivity contribution in [2.24, 2.45) is 5.73 Å². The minimum absolute atomic E-state index is 0.240. The Morgan fingerprint density at radius 2 is 2.19 bits per heavy atom. The number of hydrogen-bond acceptors (Lipinski definition) is 2. The number of nitrogens with two attached hydrogens (primary N) is 1. The van der Waals surface area contributed by atoms with Crippen LogP contribution in [0.5, 0.6) is 0 Å². The van der Waals surface area contributed by atoms with Crippen LogP contribution in [0.2, 0.25) is 0 Å². The van der Waals surface area contributed by atoms with Crippen molar-refractivity contribution in [2.75, 3.05) is 0 Å². The van der Waals surface area contributed by atoms with E-state index in [4.69, 9.17) is 10.2 Å². The fourth-order valence-electron chi connectivity index (χ4n) is 1.71. The molecule has 0 aliphatic carbocycles. The maximum atomic E-state index is 13.6. The number of benzene rings is 1. The lowest BCUT2D eigenvalue weighted by molar-refractivity contribution is 0.556. The van der Waals surface area contributed by atoms with Crippen LogP contribution in [0, 0.1) is 12.7 Å².